The maximum atomic E-state index is 11.5. The molecule has 1 aliphatic heterocycles. The lowest BCUT2D eigenvalue weighted by Gasteiger charge is -2.09. The molecule has 82 valence electrons. The van der Waals surface area contributed by atoms with E-state index >= 15 is 0 Å². The van der Waals surface area contributed by atoms with E-state index in [0.29, 0.717) is 16.9 Å². The molecule has 2 amide bonds. The van der Waals surface area contributed by atoms with E-state index in [-0.39, 0.29) is 5.91 Å². The van der Waals surface area contributed by atoms with Crippen LogP contribution in [0.4, 0.5) is 11.4 Å². The van der Waals surface area contributed by atoms with Gasteiger partial charge >= 0.3 is 0 Å². The molecule has 5 nitrogen and oxygen atoms in total. The summed E-state index contributed by atoms with van der Waals surface area (Å²) in [4.78, 5) is 35.1. The third-order valence-corrected chi connectivity index (χ3v) is 2.42. The van der Waals surface area contributed by atoms with Crippen LogP contribution in [0.15, 0.2) is 18.2 Å². The molecule has 1 aliphatic rings. The van der Waals surface area contributed by atoms with Gasteiger partial charge in [0.2, 0.25) is 5.91 Å². The molecule has 0 spiro atoms. The Morgan fingerprint density at radius 1 is 1.31 bits per heavy atom. The second-order valence-corrected chi connectivity index (χ2v) is 3.61. The third-order valence-electron chi connectivity index (χ3n) is 2.42. The second-order valence-electron chi connectivity index (χ2n) is 3.61. The first kappa shape index (κ1) is 10.4. The minimum Gasteiger partial charge on any atom is -0.326 e. The molecule has 1 aromatic rings. The highest BCUT2D eigenvalue weighted by molar-refractivity contribution is 6.52. The van der Waals surface area contributed by atoms with Gasteiger partial charge in [0.1, 0.15) is 0 Å². The first-order valence-corrected chi connectivity index (χ1v) is 4.74. The zero-order chi connectivity index (χ0) is 11.9. The Balaban J connectivity index is 2.45. The highest BCUT2D eigenvalue weighted by atomic mass is 16.2. The molecule has 0 unspecified atom stereocenters. The molecule has 16 heavy (non-hydrogen) atoms. The highest BCUT2D eigenvalue weighted by Gasteiger charge is 2.33. The third kappa shape index (κ3) is 1.46. The van der Waals surface area contributed by atoms with Gasteiger partial charge < -0.3 is 10.2 Å². The lowest BCUT2D eigenvalue weighted by molar-refractivity contribution is -0.114. The number of nitrogens with zero attached hydrogens (tertiary/aromatic N) is 1. The van der Waals surface area contributed by atoms with E-state index in [0.717, 1.165) is 0 Å². The van der Waals surface area contributed by atoms with E-state index in [9.17, 15) is 14.4 Å². The Labute approximate surface area is 92.0 Å². The minimum absolute atomic E-state index is 0.218. The smallest absolute Gasteiger partial charge is 0.299 e. The van der Waals surface area contributed by atoms with Crippen LogP contribution in [-0.4, -0.2) is 24.6 Å². The summed E-state index contributed by atoms with van der Waals surface area (Å²) in [7, 11) is 1.55. The fourth-order valence-corrected chi connectivity index (χ4v) is 1.67. The average Bonchev–Trinajstić information content (AvgIpc) is 2.43. The van der Waals surface area contributed by atoms with Gasteiger partial charge in [-0.25, -0.2) is 0 Å². The molecule has 1 aromatic carbocycles. The van der Waals surface area contributed by atoms with Gasteiger partial charge in [0.25, 0.3) is 11.7 Å². The highest BCUT2D eigenvalue weighted by Crippen LogP contribution is 2.29. The Hall–Kier alpha value is -2.17. The van der Waals surface area contributed by atoms with Crippen LogP contribution in [0.2, 0.25) is 0 Å². The van der Waals surface area contributed by atoms with Gasteiger partial charge in [0, 0.05) is 19.7 Å². The van der Waals surface area contributed by atoms with Gasteiger partial charge in [-0.3, -0.25) is 14.4 Å². The van der Waals surface area contributed by atoms with Gasteiger partial charge in [-0.05, 0) is 18.2 Å². The van der Waals surface area contributed by atoms with E-state index in [1.807, 2.05) is 0 Å². The summed E-state index contributed by atoms with van der Waals surface area (Å²) in [6, 6.07) is 4.81. The molecule has 0 bridgehead atoms. The summed E-state index contributed by atoms with van der Waals surface area (Å²) < 4.78 is 0. The van der Waals surface area contributed by atoms with E-state index in [1.165, 1.54) is 17.9 Å². The summed E-state index contributed by atoms with van der Waals surface area (Å²) in [5, 5.41) is 2.56. The number of hydrogen-bond donors (Lipinski definition) is 1. The van der Waals surface area contributed by atoms with Crippen molar-refractivity contribution in [3.05, 3.63) is 23.8 Å². The van der Waals surface area contributed by atoms with Crippen molar-refractivity contribution >= 4 is 29.0 Å². The average molecular weight is 218 g/mol. The topological polar surface area (TPSA) is 66.5 Å². The first-order valence-electron chi connectivity index (χ1n) is 4.74. The van der Waals surface area contributed by atoms with Crippen molar-refractivity contribution in [3.63, 3.8) is 0 Å². The first-order chi connectivity index (χ1) is 7.50. The Kier molecular flexibility index (Phi) is 2.23. The number of nitrogens with one attached hydrogen (secondary N) is 1. The monoisotopic (exact) mass is 218 g/mol. The van der Waals surface area contributed by atoms with Crippen LogP contribution in [0.1, 0.15) is 17.3 Å². The van der Waals surface area contributed by atoms with Crippen molar-refractivity contribution in [2.24, 2.45) is 0 Å². The van der Waals surface area contributed by atoms with Crippen molar-refractivity contribution in [2.75, 3.05) is 17.3 Å². The molecule has 5 heteroatoms. The van der Waals surface area contributed by atoms with Crippen LogP contribution >= 0.6 is 0 Å². The Morgan fingerprint density at radius 2 is 2.00 bits per heavy atom. The molecule has 0 aromatic heterocycles. The molecular formula is C11H10N2O3. The van der Waals surface area contributed by atoms with Crippen LogP contribution in [-0.2, 0) is 9.59 Å². The Morgan fingerprint density at radius 3 is 2.62 bits per heavy atom. The summed E-state index contributed by atoms with van der Waals surface area (Å²) in [6.45, 7) is 1.38. The number of rotatable bonds is 1. The number of ketones is 1. The molecule has 0 radical (unpaired) electrons. The van der Waals surface area contributed by atoms with Gasteiger partial charge in [-0.2, -0.15) is 0 Å². The number of Topliss-reactive ketones (excluding diaryl/α,β-unsaturated/α-hetero) is 1. The van der Waals surface area contributed by atoms with Crippen LogP contribution in [0.25, 0.3) is 0 Å². The van der Waals surface area contributed by atoms with Gasteiger partial charge in [0.15, 0.2) is 0 Å². The van der Waals surface area contributed by atoms with Crippen molar-refractivity contribution in [1.82, 2.24) is 0 Å². The quantitative estimate of drug-likeness (QED) is 0.709. The van der Waals surface area contributed by atoms with E-state index in [2.05, 4.69) is 5.32 Å². The summed E-state index contributed by atoms with van der Waals surface area (Å²) in [5.74, 6) is -1.30. The SMILES string of the molecule is CC(=O)Nc1ccc2c(c1)C(=O)C(=O)N2C. The fraction of sp³-hybridized carbons (Fsp3) is 0.182. The van der Waals surface area contributed by atoms with Crippen molar-refractivity contribution in [2.45, 2.75) is 6.92 Å². The van der Waals surface area contributed by atoms with Crippen molar-refractivity contribution in [1.29, 1.82) is 0 Å². The zero-order valence-corrected chi connectivity index (χ0v) is 8.90. The van der Waals surface area contributed by atoms with E-state index < -0.39 is 11.7 Å². The predicted molar refractivity (Wildman–Crippen MR) is 58.5 cm³/mol. The van der Waals surface area contributed by atoms with Crippen LogP contribution < -0.4 is 10.2 Å². The number of fused-ring (bicyclic) bond motifs is 1. The van der Waals surface area contributed by atoms with Gasteiger partial charge in [-0.15, -0.1) is 0 Å². The molecule has 0 aliphatic carbocycles. The molecule has 0 fully saturated rings. The second kappa shape index (κ2) is 3.44. The number of amides is 2. The summed E-state index contributed by atoms with van der Waals surface area (Å²) in [6.07, 6.45) is 0. The number of carbonyl (C=O) groups is 3. The Bertz CT molecular complexity index is 508. The van der Waals surface area contributed by atoms with Gasteiger partial charge in [-0.1, -0.05) is 0 Å². The zero-order valence-electron chi connectivity index (χ0n) is 8.90. The molecule has 0 saturated carbocycles. The normalized spacial score (nSPS) is 14.0. The molecule has 2 rings (SSSR count). The number of benzene rings is 1. The minimum atomic E-state index is -0.546. The molecule has 1 heterocycles. The predicted octanol–water partition coefficient (Wildman–Crippen LogP) is 0.804. The summed E-state index contributed by atoms with van der Waals surface area (Å²) in [5.41, 5.74) is 1.42. The number of hydrogen-bond acceptors (Lipinski definition) is 3. The lowest BCUT2D eigenvalue weighted by Crippen LogP contribution is -2.24. The number of carbonyl (C=O) groups excluding carboxylic acids is 3. The van der Waals surface area contributed by atoms with Crippen molar-refractivity contribution < 1.29 is 14.4 Å². The standard InChI is InChI=1S/C11H10N2O3/c1-6(14)12-7-3-4-9-8(5-7)10(15)11(16)13(9)2/h3-5H,1-2H3,(H,12,14). The molecule has 0 saturated heterocycles. The van der Waals surface area contributed by atoms with E-state index in [1.54, 1.807) is 19.2 Å². The lowest BCUT2D eigenvalue weighted by atomic mass is 10.1. The van der Waals surface area contributed by atoms with Crippen LogP contribution in [0.5, 0.6) is 0 Å². The maximum Gasteiger partial charge on any atom is 0.299 e. The molecule has 1 N–H and O–H groups in total. The van der Waals surface area contributed by atoms with E-state index in [4.69, 9.17) is 0 Å². The summed E-state index contributed by atoms with van der Waals surface area (Å²) >= 11 is 0. The number of anilines is 2. The largest absolute Gasteiger partial charge is 0.326 e. The van der Waals surface area contributed by atoms with Crippen LogP contribution in [0, 0.1) is 0 Å². The molecular weight excluding hydrogens is 208 g/mol. The fourth-order valence-electron chi connectivity index (χ4n) is 1.67. The van der Waals surface area contributed by atoms with Gasteiger partial charge in [0.05, 0.1) is 11.3 Å². The molecule has 0 atom stereocenters. The van der Waals surface area contributed by atoms with Crippen LogP contribution in [0.3, 0.4) is 0 Å². The number of likely N-dealkylation sites (N-methyl/N-ethyl adjacent to an activating group) is 1. The van der Waals surface area contributed by atoms with Crippen molar-refractivity contribution in [3.8, 4) is 0 Å². The maximum absolute atomic E-state index is 11.5.